The lowest BCUT2D eigenvalue weighted by molar-refractivity contribution is 0.0556. The summed E-state index contributed by atoms with van der Waals surface area (Å²) in [6.45, 7) is 3.90. The summed E-state index contributed by atoms with van der Waals surface area (Å²) in [6, 6.07) is 0. The van der Waals surface area contributed by atoms with Gasteiger partial charge in [-0.2, -0.15) is 0 Å². The highest BCUT2D eigenvalue weighted by Gasteiger charge is 2.30. The molecule has 0 amide bonds. The molecule has 3 nitrogen and oxygen atoms in total. The highest BCUT2D eigenvalue weighted by Crippen LogP contribution is 2.25. The lowest BCUT2D eigenvalue weighted by Crippen LogP contribution is -2.42. The van der Waals surface area contributed by atoms with Gasteiger partial charge in [0.05, 0.1) is 5.69 Å². The second-order valence-corrected chi connectivity index (χ2v) is 4.73. The van der Waals surface area contributed by atoms with E-state index in [1.165, 1.54) is 11.5 Å². The van der Waals surface area contributed by atoms with Crippen molar-refractivity contribution in [2.45, 2.75) is 32.0 Å². The lowest BCUT2D eigenvalue weighted by Gasteiger charge is -2.34. The van der Waals surface area contributed by atoms with Crippen molar-refractivity contribution in [3.8, 4) is 0 Å². The smallest absolute Gasteiger partial charge is 0.120 e. The van der Waals surface area contributed by atoms with Crippen molar-refractivity contribution in [3.05, 3.63) is 11.1 Å². The molecule has 0 aromatic carbocycles. The first-order valence-corrected chi connectivity index (χ1v) is 5.67. The van der Waals surface area contributed by atoms with E-state index in [0.29, 0.717) is 13.0 Å². The van der Waals surface area contributed by atoms with E-state index in [9.17, 15) is 4.39 Å². The minimum atomic E-state index is -1.03. The molecule has 1 aliphatic rings. The predicted molar refractivity (Wildman–Crippen MR) is 53.9 cm³/mol. The van der Waals surface area contributed by atoms with Crippen LogP contribution in [-0.4, -0.2) is 33.2 Å². The maximum Gasteiger partial charge on any atom is 0.120 e. The Hall–Kier alpha value is -0.550. The Kier molecular flexibility index (Phi) is 2.78. The van der Waals surface area contributed by atoms with Gasteiger partial charge in [0, 0.05) is 18.5 Å². The van der Waals surface area contributed by atoms with Crippen LogP contribution in [0.4, 0.5) is 4.39 Å². The lowest BCUT2D eigenvalue weighted by atomic mass is 9.97. The van der Waals surface area contributed by atoms with E-state index < -0.39 is 5.67 Å². The van der Waals surface area contributed by atoms with Crippen LogP contribution in [0.3, 0.4) is 0 Å². The Bertz CT molecular complexity index is 286. The molecule has 1 fully saturated rings. The summed E-state index contributed by atoms with van der Waals surface area (Å²) >= 11 is 1.35. The van der Waals surface area contributed by atoms with Crippen LogP contribution in [0.5, 0.6) is 0 Å². The van der Waals surface area contributed by atoms with Crippen molar-refractivity contribution in [1.82, 2.24) is 14.5 Å². The minimum absolute atomic E-state index is 0.518. The number of rotatable bonds is 2. The fourth-order valence-electron chi connectivity index (χ4n) is 1.91. The maximum absolute atomic E-state index is 13.7. The molecule has 2 rings (SSSR count). The van der Waals surface area contributed by atoms with E-state index in [1.54, 1.807) is 6.92 Å². The topological polar surface area (TPSA) is 29.0 Å². The quantitative estimate of drug-likeness (QED) is 0.754. The molecule has 2 heterocycles. The normalized spacial score (nSPS) is 29.3. The number of piperidine rings is 1. The number of likely N-dealkylation sites (tertiary alicyclic amines) is 1. The van der Waals surface area contributed by atoms with E-state index in [-0.39, 0.29) is 0 Å². The number of halogens is 1. The number of aromatic nitrogens is 2. The average Bonchev–Trinajstić information content (AvgIpc) is 2.54. The molecule has 1 atom stereocenters. The van der Waals surface area contributed by atoms with Gasteiger partial charge in [0.1, 0.15) is 5.67 Å². The Morgan fingerprint density at radius 3 is 3.21 bits per heavy atom. The van der Waals surface area contributed by atoms with E-state index in [4.69, 9.17) is 0 Å². The molecule has 1 aliphatic heterocycles. The van der Waals surface area contributed by atoms with Gasteiger partial charge in [0.2, 0.25) is 0 Å². The van der Waals surface area contributed by atoms with Crippen LogP contribution in [-0.2, 0) is 6.54 Å². The van der Waals surface area contributed by atoms with Crippen LogP contribution >= 0.6 is 11.5 Å². The predicted octanol–water partition coefficient (Wildman–Crippen LogP) is 1.86. The van der Waals surface area contributed by atoms with E-state index in [0.717, 1.165) is 25.2 Å². The van der Waals surface area contributed by atoms with Crippen molar-refractivity contribution in [2.24, 2.45) is 0 Å². The second-order valence-electron chi connectivity index (χ2n) is 4.12. The SMILES string of the molecule is C[C@@]1(F)CCCN(Cc2csnn2)C1. The van der Waals surface area contributed by atoms with Crippen molar-refractivity contribution < 1.29 is 4.39 Å². The molecule has 1 aromatic rings. The molecule has 0 N–H and O–H groups in total. The van der Waals surface area contributed by atoms with Crippen LogP contribution in [0.15, 0.2) is 5.38 Å². The molecule has 5 heteroatoms. The molecule has 0 aliphatic carbocycles. The maximum atomic E-state index is 13.7. The van der Waals surface area contributed by atoms with Crippen LogP contribution in [0, 0.1) is 0 Å². The highest BCUT2D eigenvalue weighted by atomic mass is 32.1. The van der Waals surface area contributed by atoms with Crippen molar-refractivity contribution in [2.75, 3.05) is 13.1 Å². The van der Waals surface area contributed by atoms with Gasteiger partial charge in [-0.1, -0.05) is 4.49 Å². The highest BCUT2D eigenvalue weighted by molar-refractivity contribution is 7.03. The van der Waals surface area contributed by atoms with E-state index in [2.05, 4.69) is 14.5 Å². The monoisotopic (exact) mass is 215 g/mol. The minimum Gasteiger partial charge on any atom is -0.294 e. The third-order valence-electron chi connectivity index (χ3n) is 2.52. The number of hydrogen-bond acceptors (Lipinski definition) is 4. The van der Waals surface area contributed by atoms with Gasteiger partial charge < -0.3 is 0 Å². The average molecular weight is 215 g/mol. The summed E-state index contributed by atoms with van der Waals surface area (Å²) in [5.41, 5.74) is -0.0745. The van der Waals surface area contributed by atoms with E-state index >= 15 is 0 Å². The molecular formula is C9H14FN3S. The van der Waals surface area contributed by atoms with Crippen molar-refractivity contribution >= 4 is 11.5 Å². The molecule has 78 valence electrons. The number of nitrogens with zero attached hydrogens (tertiary/aromatic N) is 3. The fourth-order valence-corrected chi connectivity index (χ4v) is 2.36. The molecule has 0 saturated carbocycles. The van der Waals surface area contributed by atoms with Crippen molar-refractivity contribution in [3.63, 3.8) is 0 Å². The Balaban J connectivity index is 1.92. The molecule has 1 aromatic heterocycles. The summed E-state index contributed by atoms with van der Waals surface area (Å²) in [5.74, 6) is 0. The summed E-state index contributed by atoms with van der Waals surface area (Å²) in [6.07, 6.45) is 1.61. The van der Waals surface area contributed by atoms with Crippen LogP contribution < -0.4 is 0 Å². The molecule has 14 heavy (non-hydrogen) atoms. The van der Waals surface area contributed by atoms with Gasteiger partial charge in [-0.3, -0.25) is 4.90 Å². The van der Waals surface area contributed by atoms with Gasteiger partial charge in [-0.05, 0) is 37.8 Å². The molecule has 0 radical (unpaired) electrons. The number of hydrogen-bond donors (Lipinski definition) is 0. The Labute approximate surface area is 87.1 Å². The molecule has 0 spiro atoms. The van der Waals surface area contributed by atoms with Crippen LogP contribution in [0.1, 0.15) is 25.5 Å². The van der Waals surface area contributed by atoms with Crippen molar-refractivity contribution in [1.29, 1.82) is 0 Å². The summed E-state index contributed by atoms with van der Waals surface area (Å²) < 4.78 is 17.5. The van der Waals surface area contributed by atoms with Gasteiger partial charge >= 0.3 is 0 Å². The van der Waals surface area contributed by atoms with Crippen LogP contribution in [0.25, 0.3) is 0 Å². The fraction of sp³-hybridized carbons (Fsp3) is 0.778. The van der Waals surface area contributed by atoms with Gasteiger partial charge in [0.25, 0.3) is 0 Å². The zero-order valence-corrected chi connectivity index (χ0v) is 9.06. The molecule has 0 unspecified atom stereocenters. The van der Waals surface area contributed by atoms with E-state index in [1.807, 2.05) is 5.38 Å². The molecule has 0 bridgehead atoms. The Morgan fingerprint density at radius 1 is 1.71 bits per heavy atom. The standard InChI is InChI=1S/C9H14FN3S/c1-9(10)3-2-4-13(7-9)5-8-6-14-12-11-8/h6H,2-5,7H2,1H3/t9-/m1/s1. The second kappa shape index (κ2) is 3.90. The Morgan fingerprint density at radius 2 is 2.57 bits per heavy atom. The summed E-state index contributed by atoms with van der Waals surface area (Å²) in [7, 11) is 0. The summed E-state index contributed by atoms with van der Waals surface area (Å²) in [5, 5.41) is 5.88. The van der Waals surface area contributed by atoms with Gasteiger partial charge in [-0.15, -0.1) is 5.10 Å². The largest absolute Gasteiger partial charge is 0.294 e. The third kappa shape index (κ3) is 2.48. The van der Waals surface area contributed by atoms with Crippen LogP contribution in [0.2, 0.25) is 0 Å². The first-order valence-electron chi connectivity index (χ1n) is 4.83. The molecule has 1 saturated heterocycles. The van der Waals surface area contributed by atoms with Gasteiger partial charge in [0.15, 0.2) is 0 Å². The van der Waals surface area contributed by atoms with Gasteiger partial charge in [-0.25, -0.2) is 4.39 Å². The molecular weight excluding hydrogens is 201 g/mol. The third-order valence-corrected chi connectivity index (χ3v) is 3.07. The zero-order valence-electron chi connectivity index (χ0n) is 8.24. The number of alkyl halides is 1. The first-order chi connectivity index (χ1) is 6.66. The zero-order chi connectivity index (χ0) is 10.0. The summed E-state index contributed by atoms with van der Waals surface area (Å²) in [4.78, 5) is 2.11. The first kappa shape index (κ1) is 9.98.